The zero-order valence-corrected chi connectivity index (χ0v) is 16.1. The Bertz CT molecular complexity index is 1030. The van der Waals surface area contributed by atoms with Gasteiger partial charge in [0.25, 0.3) is 5.91 Å². The minimum absolute atomic E-state index is 0.181. The van der Waals surface area contributed by atoms with Crippen molar-refractivity contribution in [2.45, 2.75) is 18.8 Å². The zero-order chi connectivity index (χ0) is 19.7. The predicted molar refractivity (Wildman–Crippen MR) is 109 cm³/mol. The number of benzene rings is 2. The molecule has 0 radical (unpaired) electrons. The molecular formula is C20H22N4O3S. The van der Waals surface area contributed by atoms with Gasteiger partial charge in [-0.2, -0.15) is 5.10 Å². The maximum atomic E-state index is 12.0. The summed E-state index contributed by atoms with van der Waals surface area (Å²) in [6, 6.07) is 13.7. The standard InChI is InChI=1S/C20H22N4O3S/c21-20(25)17-11-15(13-4-2-1-3-5-13)10-16-18(22-23-19(16)17)14-6-8-24(9-7-14)12-28(26)27/h1-5,10-11,14H,6-9,12H2,(H2,21,25)(H,22,23)(H,26,27). The second kappa shape index (κ2) is 7.83. The van der Waals surface area contributed by atoms with Crippen molar-refractivity contribution in [2.24, 2.45) is 5.73 Å². The number of rotatable bonds is 5. The Kier molecular flexibility index (Phi) is 5.25. The van der Waals surface area contributed by atoms with Crippen molar-refractivity contribution in [1.82, 2.24) is 15.1 Å². The monoisotopic (exact) mass is 398 g/mol. The van der Waals surface area contributed by atoms with Gasteiger partial charge in [0.05, 0.1) is 5.56 Å². The number of aromatic nitrogens is 2. The summed E-state index contributed by atoms with van der Waals surface area (Å²) >= 11 is -1.81. The Hall–Kier alpha value is -2.55. The lowest BCUT2D eigenvalue weighted by atomic mass is 9.90. The molecule has 1 aliphatic heterocycles. The first-order valence-electron chi connectivity index (χ1n) is 9.20. The van der Waals surface area contributed by atoms with Gasteiger partial charge in [-0.05, 0) is 49.2 Å². The number of nitrogens with two attached hydrogens (primary N) is 1. The summed E-state index contributed by atoms with van der Waals surface area (Å²) in [5, 5.41) is 8.43. The number of H-pyrrole nitrogens is 1. The highest BCUT2D eigenvalue weighted by Gasteiger charge is 2.26. The van der Waals surface area contributed by atoms with Crippen LogP contribution in [-0.2, 0) is 11.1 Å². The third-order valence-electron chi connectivity index (χ3n) is 5.35. The number of nitrogens with zero attached hydrogens (tertiary/aromatic N) is 2. The van der Waals surface area contributed by atoms with Gasteiger partial charge < -0.3 is 10.3 Å². The van der Waals surface area contributed by atoms with Crippen LogP contribution in [0.15, 0.2) is 42.5 Å². The number of aromatic amines is 1. The van der Waals surface area contributed by atoms with Crippen molar-refractivity contribution in [1.29, 1.82) is 0 Å². The average molecular weight is 398 g/mol. The van der Waals surface area contributed by atoms with Gasteiger partial charge in [0, 0.05) is 17.0 Å². The molecule has 0 spiro atoms. The lowest BCUT2D eigenvalue weighted by Gasteiger charge is -2.30. The zero-order valence-electron chi connectivity index (χ0n) is 15.3. The Labute approximate surface area is 165 Å². The fourth-order valence-corrected chi connectivity index (χ4v) is 4.51. The Morgan fingerprint density at radius 3 is 2.57 bits per heavy atom. The van der Waals surface area contributed by atoms with Crippen LogP contribution in [-0.4, -0.2) is 48.7 Å². The highest BCUT2D eigenvalue weighted by Crippen LogP contribution is 2.35. The molecule has 1 atom stereocenters. The van der Waals surface area contributed by atoms with Crippen LogP contribution in [0.2, 0.25) is 0 Å². The lowest BCUT2D eigenvalue weighted by molar-refractivity contribution is 0.100. The fourth-order valence-electron chi connectivity index (χ4n) is 3.94. The normalized spacial score (nSPS) is 17.0. The second-order valence-electron chi connectivity index (χ2n) is 7.13. The largest absolute Gasteiger partial charge is 0.366 e. The molecule has 2 heterocycles. The van der Waals surface area contributed by atoms with Crippen molar-refractivity contribution in [3.63, 3.8) is 0 Å². The summed E-state index contributed by atoms with van der Waals surface area (Å²) in [4.78, 5) is 14.0. The van der Waals surface area contributed by atoms with Crippen LogP contribution in [0.25, 0.3) is 22.0 Å². The molecule has 4 N–H and O–H groups in total. The van der Waals surface area contributed by atoms with E-state index in [-0.39, 0.29) is 11.8 Å². The second-order valence-corrected chi connectivity index (χ2v) is 8.03. The first kappa shape index (κ1) is 18.8. The number of primary amides is 1. The number of piperidine rings is 1. The molecule has 1 amide bonds. The number of amides is 1. The minimum atomic E-state index is -1.81. The van der Waals surface area contributed by atoms with Crippen molar-refractivity contribution < 1.29 is 13.6 Å². The van der Waals surface area contributed by atoms with Crippen LogP contribution in [0.5, 0.6) is 0 Å². The lowest BCUT2D eigenvalue weighted by Crippen LogP contribution is -2.35. The van der Waals surface area contributed by atoms with Gasteiger partial charge >= 0.3 is 0 Å². The number of hydrogen-bond donors (Lipinski definition) is 3. The third kappa shape index (κ3) is 3.71. The molecule has 0 saturated carbocycles. The van der Waals surface area contributed by atoms with Crippen molar-refractivity contribution in [3.05, 3.63) is 53.7 Å². The van der Waals surface area contributed by atoms with E-state index in [1.807, 2.05) is 35.2 Å². The van der Waals surface area contributed by atoms with Crippen molar-refractivity contribution >= 4 is 27.9 Å². The molecule has 1 saturated heterocycles. The molecule has 0 aliphatic carbocycles. The number of carbonyl (C=O) groups excluding carboxylic acids is 1. The predicted octanol–water partition coefficient (Wildman–Crippen LogP) is 2.69. The summed E-state index contributed by atoms with van der Waals surface area (Å²) in [6.07, 6.45) is 1.71. The van der Waals surface area contributed by atoms with Crippen LogP contribution < -0.4 is 5.73 Å². The number of hydrogen-bond acceptors (Lipinski definition) is 4. The number of nitrogens with one attached hydrogen (secondary N) is 1. The molecule has 1 aromatic heterocycles. The summed E-state index contributed by atoms with van der Waals surface area (Å²) in [5.74, 6) is -0.0679. The molecule has 3 aromatic rings. The molecule has 1 unspecified atom stereocenters. The highest BCUT2D eigenvalue weighted by molar-refractivity contribution is 7.79. The van der Waals surface area contributed by atoms with E-state index < -0.39 is 17.0 Å². The Morgan fingerprint density at radius 1 is 1.21 bits per heavy atom. The van der Waals surface area contributed by atoms with E-state index in [2.05, 4.69) is 16.3 Å². The molecule has 146 valence electrons. The van der Waals surface area contributed by atoms with E-state index in [1.165, 1.54) is 0 Å². The van der Waals surface area contributed by atoms with Crippen molar-refractivity contribution in [2.75, 3.05) is 19.0 Å². The van der Waals surface area contributed by atoms with E-state index >= 15 is 0 Å². The van der Waals surface area contributed by atoms with Gasteiger partial charge in [0.15, 0.2) is 11.1 Å². The van der Waals surface area contributed by atoms with Crippen LogP contribution >= 0.6 is 0 Å². The fraction of sp³-hybridized carbons (Fsp3) is 0.300. The van der Waals surface area contributed by atoms with E-state index in [1.54, 1.807) is 6.07 Å². The van der Waals surface area contributed by atoms with Crippen LogP contribution in [0.3, 0.4) is 0 Å². The van der Waals surface area contributed by atoms with Crippen LogP contribution in [0.4, 0.5) is 0 Å². The summed E-state index contributed by atoms with van der Waals surface area (Å²) in [6.45, 7) is 1.50. The molecular weight excluding hydrogens is 376 g/mol. The first-order chi connectivity index (χ1) is 13.5. The molecule has 2 aromatic carbocycles. The van der Waals surface area contributed by atoms with Gasteiger partial charge in [0.2, 0.25) is 0 Å². The van der Waals surface area contributed by atoms with Crippen LogP contribution in [0, 0.1) is 0 Å². The average Bonchev–Trinajstić information content (AvgIpc) is 3.12. The quantitative estimate of drug-likeness (QED) is 0.572. The topological polar surface area (TPSA) is 112 Å². The summed E-state index contributed by atoms with van der Waals surface area (Å²) < 4.78 is 20.1. The SMILES string of the molecule is NC(=O)c1cc(-c2ccccc2)cc2c(C3CCN(CS(=O)O)CC3)[nH]nc12. The van der Waals surface area contributed by atoms with Crippen molar-refractivity contribution in [3.8, 4) is 11.1 Å². The van der Waals surface area contributed by atoms with Gasteiger partial charge in [-0.25, -0.2) is 4.21 Å². The summed E-state index contributed by atoms with van der Waals surface area (Å²) in [5.41, 5.74) is 9.58. The first-order valence-corrected chi connectivity index (χ1v) is 10.5. The Morgan fingerprint density at radius 2 is 1.93 bits per heavy atom. The maximum absolute atomic E-state index is 12.0. The summed E-state index contributed by atoms with van der Waals surface area (Å²) in [7, 11) is 0. The minimum Gasteiger partial charge on any atom is -0.366 e. The third-order valence-corrected chi connectivity index (χ3v) is 5.94. The molecule has 28 heavy (non-hydrogen) atoms. The number of fused-ring (bicyclic) bond motifs is 1. The van der Waals surface area contributed by atoms with E-state index in [0.717, 1.165) is 48.1 Å². The molecule has 4 rings (SSSR count). The van der Waals surface area contributed by atoms with Gasteiger partial charge in [-0.3, -0.25) is 14.8 Å². The van der Waals surface area contributed by atoms with E-state index in [0.29, 0.717) is 11.1 Å². The number of likely N-dealkylation sites (tertiary alicyclic amines) is 1. The van der Waals surface area contributed by atoms with E-state index in [4.69, 9.17) is 10.3 Å². The number of carbonyl (C=O) groups is 1. The van der Waals surface area contributed by atoms with Crippen LogP contribution in [0.1, 0.15) is 34.8 Å². The van der Waals surface area contributed by atoms with Gasteiger partial charge in [-0.15, -0.1) is 0 Å². The molecule has 7 nitrogen and oxygen atoms in total. The van der Waals surface area contributed by atoms with Gasteiger partial charge in [0.1, 0.15) is 11.4 Å². The van der Waals surface area contributed by atoms with E-state index in [9.17, 15) is 9.00 Å². The Balaban J connectivity index is 1.71. The molecule has 1 aliphatic rings. The molecule has 0 bridgehead atoms. The van der Waals surface area contributed by atoms with Gasteiger partial charge in [-0.1, -0.05) is 30.3 Å². The molecule has 8 heteroatoms. The maximum Gasteiger partial charge on any atom is 0.251 e. The molecule has 1 fully saturated rings. The smallest absolute Gasteiger partial charge is 0.251 e. The highest BCUT2D eigenvalue weighted by atomic mass is 32.2.